The van der Waals surface area contributed by atoms with E-state index in [9.17, 15) is 4.79 Å². The van der Waals surface area contributed by atoms with Gasteiger partial charge in [-0.3, -0.25) is 5.10 Å². The molecule has 0 saturated heterocycles. The van der Waals surface area contributed by atoms with Gasteiger partial charge < -0.3 is 9.84 Å². The fourth-order valence-electron chi connectivity index (χ4n) is 1.21. The van der Waals surface area contributed by atoms with E-state index in [4.69, 9.17) is 21.4 Å². The highest BCUT2D eigenvalue weighted by molar-refractivity contribution is 6.31. The fourth-order valence-corrected chi connectivity index (χ4v) is 1.38. The molecule has 0 aliphatic heterocycles. The van der Waals surface area contributed by atoms with Crippen molar-refractivity contribution in [1.29, 1.82) is 0 Å². The summed E-state index contributed by atoms with van der Waals surface area (Å²) in [6.45, 7) is -0.414. The molecule has 1 aromatic carbocycles. The number of aromatic amines is 1. The topological polar surface area (TPSA) is 75.2 Å². The van der Waals surface area contributed by atoms with E-state index in [1.165, 1.54) is 0 Å². The molecule has 1 heterocycles. The molecule has 1 aromatic heterocycles. The van der Waals surface area contributed by atoms with Gasteiger partial charge >= 0.3 is 5.97 Å². The smallest absolute Gasteiger partial charge is 0.341 e. The molecule has 2 N–H and O–H groups in total. The Morgan fingerprint density at radius 3 is 3.13 bits per heavy atom. The first-order valence-corrected chi connectivity index (χ1v) is 4.53. The normalized spacial score (nSPS) is 10.5. The number of rotatable bonds is 3. The highest BCUT2D eigenvalue weighted by Gasteiger charge is 2.08. The van der Waals surface area contributed by atoms with Crippen molar-refractivity contribution in [3.63, 3.8) is 0 Å². The number of carboxylic acid groups (broad SMARTS) is 1. The second kappa shape index (κ2) is 3.78. The van der Waals surface area contributed by atoms with Crippen molar-refractivity contribution < 1.29 is 14.6 Å². The van der Waals surface area contributed by atoms with E-state index in [0.717, 1.165) is 0 Å². The number of hydrogen-bond donors (Lipinski definition) is 2. The number of carboxylic acids is 1. The molecule has 0 spiro atoms. The third kappa shape index (κ3) is 2.02. The van der Waals surface area contributed by atoms with Gasteiger partial charge in [0.25, 0.3) is 0 Å². The Hall–Kier alpha value is -1.75. The van der Waals surface area contributed by atoms with Crippen LogP contribution in [0.2, 0.25) is 5.02 Å². The molecule has 0 saturated carbocycles. The number of halogens is 1. The minimum Gasteiger partial charge on any atom is -0.479 e. The number of nitrogens with one attached hydrogen (secondary N) is 1. The van der Waals surface area contributed by atoms with Crippen LogP contribution in [-0.2, 0) is 4.79 Å². The summed E-state index contributed by atoms with van der Waals surface area (Å²) in [4.78, 5) is 10.3. The van der Waals surface area contributed by atoms with Gasteiger partial charge in [-0.05, 0) is 18.2 Å². The molecule has 0 aliphatic carbocycles. The van der Waals surface area contributed by atoms with Crippen molar-refractivity contribution in [2.45, 2.75) is 0 Å². The summed E-state index contributed by atoms with van der Waals surface area (Å²) >= 11 is 5.77. The molecule has 5 nitrogen and oxygen atoms in total. The zero-order valence-electron chi connectivity index (χ0n) is 7.53. The lowest BCUT2D eigenvalue weighted by Crippen LogP contribution is -2.09. The van der Waals surface area contributed by atoms with E-state index < -0.39 is 12.6 Å². The van der Waals surface area contributed by atoms with Crippen molar-refractivity contribution in [3.8, 4) is 5.88 Å². The molecule has 0 bridgehead atoms. The number of fused-ring (bicyclic) bond motifs is 1. The summed E-state index contributed by atoms with van der Waals surface area (Å²) in [6.07, 6.45) is 0. The molecular formula is C9H7ClN2O3. The lowest BCUT2D eigenvalue weighted by Gasteiger charge is -1.98. The van der Waals surface area contributed by atoms with E-state index in [2.05, 4.69) is 10.2 Å². The number of nitrogens with zero attached hydrogens (tertiary/aromatic N) is 1. The minimum atomic E-state index is -1.04. The van der Waals surface area contributed by atoms with Gasteiger partial charge in [-0.15, -0.1) is 5.10 Å². The summed E-state index contributed by atoms with van der Waals surface area (Å²) in [5.74, 6) is -0.774. The molecule has 2 rings (SSSR count). The molecule has 78 valence electrons. The van der Waals surface area contributed by atoms with Gasteiger partial charge in [-0.2, -0.15) is 0 Å². The second-order valence-corrected chi connectivity index (χ2v) is 3.34. The summed E-state index contributed by atoms with van der Waals surface area (Å²) in [5.41, 5.74) is 0.711. The number of benzene rings is 1. The Morgan fingerprint density at radius 1 is 1.60 bits per heavy atom. The van der Waals surface area contributed by atoms with Crippen LogP contribution < -0.4 is 4.74 Å². The molecule has 2 aromatic rings. The van der Waals surface area contributed by atoms with Gasteiger partial charge in [0.1, 0.15) is 0 Å². The second-order valence-electron chi connectivity index (χ2n) is 2.90. The van der Waals surface area contributed by atoms with Crippen LogP contribution in [-0.4, -0.2) is 27.9 Å². The maximum atomic E-state index is 10.3. The van der Waals surface area contributed by atoms with Crippen LogP contribution in [0.25, 0.3) is 10.9 Å². The lowest BCUT2D eigenvalue weighted by molar-refractivity contribution is -0.139. The Morgan fingerprint density at radius 2 is 2.40 bits per heavy atom. The first kappa shape index (κ1) is 9.79. The van der Waals surface area contributed by atoms with E-state index in [0.29, 0.717) is 15.9 Å². The van der Waals surface area contributed by atoms with E-state index in [1.807, 2.05) is 0 Å². The van der Waals surface area contributed by atoms with Crippen LogP contribution in [0.4, 0.5) is 0 Å². The van der Waals surface area contributed by atoms with Crippen LogP contribution in [0, 0.1) is 0 Å². The predicted octanol–water partition coefficient (Wildman–Crippen LogP) is 1.68. The lowest BCUT2D eigenvalue weighted by atomic mass is 10.2. The SMILES string of the molecule is O=C(O)COc1n[nH]c2cc(Cl)ccc12. The maximum absolute atomic E-state index is 10.3. The zero-order valence-corrected chi connectivity index (χ0v) is 8.28. The van der Waals surface area contributed by atoms with Crippen LogP contribution in [0.5, 0.6) is 5.88 Å². The molecule has 0 aliphatic rings. The number of H-pyrrole nitrogens is 1. The summed E-state index contributed by atoms with van der Waals surface area (Å²) in [7, 11) is 0. The average Bonchev–Trinajstić information content (AvgIpc) is 2.57. The van der Waals surface area contributed by atoms with Gasteiger partial charge in [0.15, 0.2) is 6.61 Å². The van der Waals surface area contributed by atoms with Gasteiger partial charge in [0.05, 0.1) is 10.9 Å². The molecule has 15 heavy (non-hydrogen) atoms. The van der Waals surface area contributed by atoms with E-state index in [-0.39, 0.29) is 5.88 Å². The largest absolute Gasteiger partial charge is 0.479 e. The molecule has 0 atom stereocenters. The molecule has 0 unspecified atom stereocenters. The van der Waals surface area contributed by atoms with Crippen molar-refractivity contribution in [1.82, 2.24) is 10.2 Å². The third-order valence-electron chi connectivity index (χ3n) is 1.82. The quantitative estimate of drug-likeness (QED) is 0.835. The zero-order chi connectivity index (χ0) is 10.8. The summed E-state index contributed by atoms with van der Waals surface area (Å²) < 4.78 is 4.98. The van der Waals surface area contributed by atoms with Crippen LogP contribution in [0.15, 0.2) is 18.2 Å². The van der Waals surface area contributed by atoms with Gasteiger partial charge in [0, 0.05) is 5.02 Å². The molecule has 0 amide bonds. The molecule has 6 heteroatoms. The Kier molecular flexibility index (Phi) is 2.47. The van der Waals surface area contributed by atoms with Gasteiger partial charge in [-0.25, -0.2) is 4.79 Å². The van der Waals surface area contributed by atoms with Crippen molar-refractivity contribution in [2.75, 3.05) is 6.61 Å². The average molecular weight is 227 g/mol. The Labute approximate surface area is 89.6 Å². The number of aliphatic carboxylic acids is 1. The molecule has 0 radical (unpaired) electrons. The van der Waals surface area contributed by atoms with Crippen LogP contribution in [0.1, 0.15) is 0 Å². The number of hydrogen-bond acceptors (Lipinski definition) is 3. The Bertz CT molecular complexity index is 509. The fraction of sp³-hybridized carbons (Fsp3) is 0.111. The number of ether oxygens (including phenoxy) is 1. The van der Waals surface area contributed by atoms with Crippen molar-refractivity contribution >= 4 is 28.5 Å². The first-order valence-electron chi connectivity index (χ1n) is 4.15. The predicted molar refractivity (Wildman–Crippen MR) is 54.2 cm³/mol. The van der Waals surface area contributed by atoms with Gasteiger partial charge in [-0.1, -0.05) is 11.6 Å². The minimum absolute atomic E-state index is 0.268. The summed E-state index contributed by atoms with van der Waals surface area (Å²) in [6, 6.07) is 5.10. The standard InChI is InChI=1S/C9H7ClN2O3/c10-5-1-2-6-7(3-5)11-12-9(6)15-4-8(13)14/h1-3H,4H2,(H,11,12)(H,13,14). The number of aromatic nitrogens is 2. The monoisotopic (exact) mass is 226 g/mol. The third-order valence-corrected chi connectivity index (χ3v) is 2.06. The molecular weight excluding hydrogens is 220 g/mol. The highest BCUT2D eigenvalue weighted by atomic mass is 35.5. The highest BCUT2D eigenvalue weighted by Crippen LogP contribution is 2.24. The first-order chi connectivity index (χ1) is 7.16. The van der Waals surface area contributed by atoms with Crippen LogP contribution in [0.3, 0.4) is 0 Å². The van der Waals surface area contributed by atoms with Gasteiger partial charge in [0.2, 0.25) is 5.88 Å². The van der Waals surface area contributed by atoms with Crippen molar-refractivity contribution in [2.24, 2.45) is 0 Å². The van der Waals surface area contributed by atoms with Crippen molar-refractivity contribution in [3.05, 3.63) is 23.2 Å². The summed E-state index contributed by atoms with van der Waals surface area (Å²) in [5, 5.41) is 16.3. The number of carbonyl (C=O) groups is 1. The Balaban J connectivity index is 2.32. The maximum Gasteiger partial charge on any atom is 0.341 e. The van der Waals surface area contributed by atoms with E-state index in [1.54, 1.807) is 18.2 Å². The van der Waals surface area contributed by atoms with Crippen LogP contribution >= 0.6 is 11.6 Å². The van der Waals surface area contributed by atoms with E-state index >= 15 is 0 Å². The molecule has 0 fully saturated rings.